The van der Waals surface area contributed by atoms with E-state index in [1.165, 1.54) is 5.56 Å². The highest BCUT2D eigenvalue weighted by atomic mass is 35.5. The number of nitrogens with one attached hydrogen (secondary N) is 1. The van der Waals surface area contributed by atoms with Crippen molar-refractivity contribution in [2.75, 3.05) is 46.0 Å². The summed E-state index contributed by atoms with van der Waals surface area (Å²) in [4.78, 5) is 2.43. The van der Waals surface area contributed by atoms with Gasteiger partial charge in [0.1, 0.15) is 6.61 Å². The van der Waals surface area contributed by atoms with Gasteiger partial charge in [0.2, 0.25) is 0 Å². The fraction of sp³-hybridized carbons (Fsp3) is 0.455. The van der Waals surface area contributed by atoms with Crippen LogP contribution < -0.4 is 14.8 Å². The fourth-order valence-corrected chi connectivity index (χ4v) is 3.21. The van der Waals surface area contributed by atoms with Crippen LogP contribution >= 0.6 is 36.4 Å². The van der Waals surface area contributed by atoms with Gasteiger partial charge in [-0.3, -0.25) is 4.90 Å². The Labute approximate surface area is 196 Å². The lowest BCUT2D eigenvalue weighted by Crippen LogP contribution is -2.40. The van der Waals surface area contributed by atoms with Gasteiger partial charge in [0.05, 0.1) is 19.8 Å². The molecule has 0 atom stereocenters. The van der Waals surface area contributed by atoms with Gasteiger partial charge in [0, 0.05) is 37.7 Å². The highest BCUT2D eigenvalue weighted by Crippen LogP contribution is 2.29. The number of hydrogen-bond acceptors (Lipinski definition) is 5. The average molecular weight is 478 g/mol. The first-order valence-corrected chi connectivity index (χ1v) is 10.3. The van der Waals surface area contributed by atoms with Crippen LogP contribution in [0.2, 0.25) is 5.02 Å². The lowest BCUT2D eigenvalue weighted by Gasteiger charge is -2.26. The molecule has 0 saturated carbocycles. The second-order valence-corrected chi connectivity index (χ2v) is 7.20. The van der Waals surface area contributed by atoms with Crippen LogP contribution in [-0.2, 0) is 17.9 Å². The Balaban J connectivity index is 0.00000225. The molecule has 3 rings (SSSR count). The summed E-state index contributed by atoms with van der Waals surface area (Å²) in [6, 6.07) is 13.8. The largest absolute Gasteiger partial charge is 0.490 e. The molecule has 8 heteroatoms. The quantitative estimate of drug-likeness (QED) is 0.507. The highest BCUT2D eigenvalue weighted by molar-refractivity contribution is 6.30. The second-order valence-electron chi connectivity index (χ2n) is 6.76. The van der Waals surface area contributed by atoms with Crippen molar-refractivity contribution < 1.29 is 14.2 Å². The number of nitrogens with zero attached hydrogens (tertiary/aromatic N) is 1. The zero-order chi connectivity index (χ0) is 19.6. The zero-order valence-corrected chi connectivity index (χ0v) is 19.7. The van der Waals surface area contributed by atoms with Crippen LogP contribution in [0, 0.1) is 0 Å². The summed E-state index contributed by atoms with van der Waals surface area (Å²) >= 11 is 5.93. The molecule has 0 aromatic heterocycles. The van der Waals surface area contributed by atoms with Gasteiger partial charge in [0.25, 0.3) is 0 Å². The maximum atomic E-state index is 5.97. The van der Waals surface area contributed by atoms with E-state index in [1.54, 1.807) is 0 Å². The van der Waals surface area contributed by atoms with E-state index < -0.39 is 0 Å². The van der Waals surface area contributed by atoms with Crippen molar-refractivity contribution in [1.82, 2.24) is 10.2 Å². The van der Waals surface area contributed by atoms with E-state index in [4.69, 9.17) is 25.8 Å². The van der Waals surface area contributed by atoms with Crippen molar-refractivity contribution in [2.24, 2.45) is 0 Å². The Morgan fingerprint density at radius 3 is 2.37 bits per heavy atom. The molecule has 1 fully saturated rings. The average Bonchev–Trinajstić information content (AvgIpc) is 2.73. The molecule has 1 aliphatic rings. The molecule has 1 aliphatic heterocycles. The van der Waals surface area contributed by atoms with Gasteiger partial charge in [-0.05, 0) is 42.3 Å². The fourth-order valence-electron chi connectivity index (χ4n) is 3.09. The highest BCUT2D eigenvalue weighted by Gasteiger charge is 2.10. The van der Waals surface area contributed by atoms with Gasteiger partial charge in [-0.1, -0.05) is 29.8 Å². The topological polar surface area (TPSA) is 43.0 Å². The van der Waals surface area contributed by atoms with Gasteiger partial charge in [-0.25, -0.2) is 0 Å². The molecule has 0 spiro atoms. The lowest BCUT2D eigenvalue weighted by molar-refractivity contribution is 0.0384. The van der Waals surface area contributed by atoms with Crippen LogP contribution in [0.25, 0.3) is 0 Å². The minimum Gasteiger partial charge on any atom is -0.490 e. The van der Waals surface area contributed by atoms with Crippen LogP contribution in [0.3, 0.4) is 0 Å². The Morgan fingerprint density at radius 1 is 0.967 bits per heavy atom. The SMILES string of the molecule is CCOc1cc(CNCCN2CCOCC2)ccc1OCc1ccc(Cl)cc1.Cl.Cl. The number of halogens is 3. The van der Waals surface area contributed by atoms with E-state index in [1.807, 2.05) is 37.3 Å². The van der Waals surface area contributed by atoms with Crippen LogP contribution in [0.5, 0.6) is 11.5 Å². The molecule has 5 nitrogen and oxygen atoms in total. The van der Waals surface area contributed by atoms with Crippen LogP contribution in [0.4, 0.5) is 0 Å². The lowest BCUT2D eigenvalue weighted by atomic mass is 10.2. The first-order valence-electron chi connectivity index (χ1n) is 9.88. The third-order valence-corrected chi connectivity index (χ3v) is 4.91. The minimum atomic E-state index is 0. The summed E-state index contributed by atoms with van der Waals surface area (Å²) in [5, 5.41) is 4.24. The van der Waals surface area contributed by atoms with Gasteiger partial charge in [0.15, 0.2) is 11.5 Å². The number of morpholine rings is 1. The number of hydrogen-bond donors (Lipinski definition) is 1. The normalized spacial score (nSPS) is 13.8. The van der Waals surface area contributed by atoms with Crippen LogP contribution in [0.1, 0.15) is 18.1 Å². The third-order valence-electron chi connectivity index (χ3n) is 4.65. The van der Waals surface area contributed by atoms with Crippen molar-refractivity contribution in [3.05, 3.63) is 58.6 Å². The molecule has 0 amide bonds. The summed E-state index contributed by atoms with van der Waals surface area (Å²) in [7, 11) is 0. The molecule has 30 heavy (non-hydrogen) atoms. The molecule has 0 unspecified atom stereocenters. The van der Waals surface area contributed by atoms with E-state index in [9.17, 15) is 0 Å². The van der Waals surface area contributed by atoms with Crippen molar-refractivity contribution >= 4 is 36.4 Å². The molecule has 1 saturated heterocycles. The van der Waals surface area contributed by atoms with E-state index in [-0.39, 0.29) is 24.8 Å². The molecule has 0 aliphatic carbocycles. The van der Waals surface area contributed by atoms with Crippen molar-refractivity contribution in [2.45, 2.75) is 20.1 Å². The summed E-state index contributed by atoms with van der Waals surface area (Å²) in [5.74, 6) is 1.54. The molecule has 0 bridgehead atoms. The molecule has 2 aromatic carbocycles. The first kappa shape index (κ1) is 26.8. The van der Waals surface area contributed by atoms with Crippen molar-refractivity contribution in [1.29, 1.82) is 0 Å². The van der Waals surface area contributed by atoms with E-state index in [0.29, 0.717) is 13.2 Å². The Morgan fingerprint density at radius 2 is 1.67 bits per heavy atom. The molecule has 168 valence electrons. The van der Waals surface area contributed by atoms with Crippen molar-refractivity contribution in [3.8, 4) is 11.5 Å². The van der Waals surface area contributed by atoms with Gasteiger partial charge >= 0.3 is 0 Å². The maximum absolute atomic E-state index is 5.97. The van der Waals surface area contributed by atoms with Gasteiger partial charge in [-0.2, -0.15) is 0 Å². The summed E-state index contributed by atoms with van der Waals surface area (Å²) < 4.78 is 17.1. The third kappa shape index (κ3) is 8.88. The first-order chi connectivity index (χ1) is 13.7. The van der Waals surface area contributed by atoms with Crippen molar-refractivity contribution in [3.63, 3.8) is 0 Å². The van der Waals surface area contributed by atoms with Gasteiger partial charge in [-0.15, -0.1) is 24.8 Å². The van der Waals surface area contributed by atoms with E-state index in [0.717, 1.165) is 68.0 Å². The molecule has 1 heterocycles. The molecule has 2 aromatic rings. The Kier molecular flexibility index (Phi) is 13.2. The molecule has 1 N–H and O–H groups in total. The standard InChI is InChI=1S/C22H29ClN2O3.2ClH/c1-2-27-22-15-19(16-24-9-10-25-11-13-26-14-12-25)5-8-21(22)28-17-18-3-6-20(23)7-4-18;;/h3-8,15,24H,2,9-14,16-17H2,1H3;2*1H. The van der Waals surface area contributed by atoms with Gasteiger partial charge < -0.3 is 19.5 Å². The zero-order valence-electron chi connectivity index (χ0n) is 17.3. The number of rotatable bonds is 10. The Bertz CT molecular complexity index is 726. The summed E-state index contributed by atoms with van der Waals surface area (Å²) in [6.07, 6.45) is 0. The minimum absolute atomic E-state index is 0. The number of benzene rings is 2. The number of ether oxygens (including phenoxy) is 3. The van der Waals surface area contributed by atoms with E-state index >= 15 is 0 Å². The smallest absolute Gasteiger partial charge is 0.161 e. The van der Waals surface area contributed by atoms with Crippen LogP contribution in [0.15, 0.2) is 42.5 Å². The predicted molar refractivity (Wildman–Crippen MR) is 127 cm³/mol. The maximum Gasteiger partial charge on any atom is 0.161 e. The summed E-state index contributed by atoms with van der Waals surface area (Å²) in [6.45, 7) is 9.61. The molecular weight excluding hydrogens is 447 g/mol. The second kappa shape index (κ2) is 14.7. The van der Waals surface area contributed by atoms with Crippen LogP contribution in [-0.4, -0.2) is 50.9 Å². The predicted octanol–water partition coefficient (Wildman–Crippen LogP) is 4.58. The molecule has 0 radical (unpaired) electrons. The molecular formula is C22H31Cl3N2O3. The van der Waals surface area contributed by atoms with E-state index in [2.05, 4.69) is 22.3 Å². The monoisotopic (exact) mass is 476 g/mol. The Hall–Kier alpha value is -1.21. The summed E-state index contributed by atoms with van der Waals surface area (Å²) in [5.41, 5.74) is 2.25.